The van der Waals surface area contributed by atoms with Gasteiger partial charge in [0.25, 0.3) is 0 Å². The van der Waals surface area contributed by atoms with Crippen LogP contribution in [-0.2, 0) is 16.0 Å². The summed E-state index contributed by atoms with van der Waals surface area (Å²) < 4.78 is 0. The van der Waals surface area contributed by atoms with Crippen LogP contribution >= 0.6 is 0 Å². The molecule has 0 heterocycles. The Morgan fingerprint density at radius 1 is 0.700 bits per heavy atom. The molecule has 0 atom stereocenters. The zero-order valence-corrected chi connectivity index (χ0v) is 10.3. The molecule has 2 rings (SSSR count). The third kappa shape index (κ3) is 11.3. The van der Waals surface area contributed by atoms with E-state index < -0.39 is 0 Å². The summed E-state index contributed by atoms with van der Waals surface area (Å²) in [6.07, 6.45) is 2.53. The minimum Gasteiger partial charge on any atom is -0.0622 e. The van der Waals surface area contributed by atoms with Gasteiger partial charge in [0.05, 0.1) is 0 Å². The molecule has 2 N–H and O–H groups in total. The van der Waals surface area contributed by atoms with Crippen molar-refractivity contribution in [1.82, 2.24) is 0 Å². The number of carbonyl (C=O) groups excluding carboxylic acids is 2. The molecule has 0 bridgehead atoms. The summed E-state index contributed by atoms with van der Waals surface area (Å²) in [6.45, 7) is 0. The first-order valence-corrected chi connectivity index (χ1v) is 5.44. The zero-order chi connectivity index (χ0) is 14.3. The predicted molar refractivity (Wildman–Crippen MR) is 79.7 cm³/mol. The molecule has 0 spiro atoms. The molecule has 0 saturated heterocycles. The van der Waals surface area contributed by atoms with E-state index in [9.17, 15) is 0 Å². The molecule has 0 aliphatic rings. The third-order valence-electron chi connectivity index (χ3n) is 2.09. The second kappa shape index (κ2) is 15.3. The summed E-state index contributed by atoms with van der Waals surface area (Å²) in [4.78, 5) is 16.7. The van der Waals surface area contributed by atoms with Crippen LogP contribution in [0.25, 0.3) is 0 Å². The molecule has 0 aromatic heterocycles. The van der Waals surface area contributed by atoms with Crippen molar-refractivity contribution in [2.45, 2.75) is 6.42 Å². The van der Waals surface area contributed by atoms with E-state index in [4.69, 9.17) is 20.4 Å². The van der Waals surface area contributed by atoms with Crippen LogP contribution in [0.15, 0.2) is 60.7 Å². The Kier molecular flexibility index (Phi) is 15.7. The van der Waals surface area contributed by atoms with Crippen LogP contribution in [0.4, 0.5) is 0 Å². The van der Waals surface area contributed by atoms with Gasteiger partial charge in [-0.25, -0.2) is 20.4 Å². The van der Waals surface area contributed by atoms with Gasteiger partial charge in [-0.05, 0) is 17.5 Å². The van der Waals surface area contributed by atoms with Crippen molar-refractivity contribution < 1.29 is 9.59 Å². The average molecular weight is 278 g/mol. The monoisotopic (exact) mass is 278 g/mol. The Morgan fingerprint density at radius 2 is 0.950 bits per heavy atom. The van der Waals surface area contributed by atoms with Crippen molar-refractivity contribution in [2.24, 2.45) is 0 Å². The van der Waals surface area contributed by atoms with Gasteiger partial charge in [-0.1, -0.05) is 60.7 Å². The summed E-state index contributed by atoms with van der Waals surface area (Å²) in [6, 6.07) is 21.1. The van der Waals surface area contributed by atoms with Gasteiger partial charge in [0, 0.05) is 0 Å². The fourth-order valence-corrected chi connectivity index (χ4v) is 1.43. The van der Waals surface area contributed by atoms with Crippen molar-refractivity contribution in [3.8, 4) is 0 Å². The summed E-state index contributed by atoms with van der Waals surface area (Å²) in [7, 11) is 0. The van der Waals surface area contributed by atoms with Crippen LogP contribution in [0.5, 0.6) is 0 Å². The van der Waals surface area contributed by atoms with Crippen molar-refractivity contribution in [2.75, 3.05) is 0 Å². The standard InChI is InChI=1S/C13H12.2CHNO.Na.H/c1-3-7-12(8-4-1)11-13-9-5-2-6-10-13;2*2-1-3;;/h1-10H,11H2;2*2H;;. The maximum absolute atomic E-state index is 8.35. The third-order valence-corrected chi connectivity index (χ3v) is 2.09. The van der Waals surface area contributed by atoms with E-state index in [-0.39, 0.29) is 29.6 Å². The first-order valence-electron chi connectivity index (χ1n) is 5.44. The minimum absolute atomic E-state index is 0. The van der Waals surface area contributed by atoms with Crippen LogP contribution in [0.1, 0.15) is 11.1 Å². The molecule has 0 radical (unpaired) electrons. The first kappa shape index (κ1) is 20.5. The van der Waals surface area contributed by atoms with Crippen molar-refractivity contribution in [3.63, 3.8) is 0 Å². The van der Waals surface area contributed by atoms with Gasteiger partial charge < -0.3 is 0 Å². The van der Waals surface area contributed by atoms with Gasteiger partial charge in [0.2, 0.25) is 12.2 Å². The SMILES string of the molecule is N=C=O.N=C=O.[NaH].c1ccc(Cc2ccccc2)cc1. The first-order chi connectivity index (χ1) is 9.28. The number of nitrogens with one attached hydrogen (secondary N) is 2. The zero-order valence-electron chi connectivity index (χ0n) is 10.3. The normalized spacial score (nSPS) is 7.20. The largest absolute Gasteiger partial charge is 0.0622 e. The number of hydrogen-bond donors (Lipinski definition) is 2. The van der Waals surface area contributed by atoms with E-state index in [2.05, 4.69) is 60.7 Å². The number of rotatable bonds is 2. The Labute approximate surface area is 140 Å². The van der Waals surface area contributed by atoms with Crippen LogP contribution in [0.3, 0.4) is 0 Å². The van der Waals surface area contributed by atoms with Gasteiger partial charge in [-0.2, -0.15) is 0 Å². The maximum atomic E-state index is 8.35. The van der Waals surface area contributed by atoms with Crippen LogP contribution < -0.4 is 0 Å². The molecule has 4 nitrogen and oxygen atoms in total. The molecule has 2 aromatic carbocycles. The number of hydrogen-bond acceptors (Lipinski definition) is 4. The van der Waals surface area contributed by atoms with E-state index in [1.54, 1.807) is 0 Å². The fraction of sp³-hybridized carbons (Fsp3) is 0.0667. The Hall–Kier alpha value is -1.80. The molecule has 0 fully saturated rings. The van der Waals surface area contributed by atoms with Gasteiger partial charge >= 0.3 is 29.6 Å². The van der Waals surface area contributed by atoms with E-state index in [0.717, 1.165) is 18.6 Å². The second-order valence-corrected chi connectivity index (χ2v) is 3.35. The number of isocyanates is 2. The average Bonchev–Trinajstić information content (AvgIpc) is 2.43. The number of benzene rings is 2. The van der Waals surface area contributed by atoms with Crippen LogP contribution in [0.2, 0.25) is 0 Å². The van der Waals surface area contributed by atoms with E-state index in [1.807, 2.05) is 0 Å². The summed E-state index contributed by atoms with van der Waals surface area (Å²) >= 11 is 0. The molecule has 20 heavy (non-hydrogen) atoms. The van der Waals surface area contributed by atoms with Gasteiger partial charge in [0.15, 0.2) is 0 Å². The summed E-state index contributed by atoms with van der Waals surface area (Å²) in [5, 5.41) is 10.8. The summed E-state index contributed by atoms with van der Waals surface area (Å²) in [5.74, 6) is 0. The fourth-order valence-electron chi connectivity index (χ4n) is 1.43. The molecule has 5 heteroatoms. The Bertz CT molecular complexity index is 469. The van der Waals surface area contributed by atoms with E-state index in [0.29, 0.717) is 0 Å². The molecule has 0 saturated carbocycles. The molecule has 0 amide bonds. The van der Waals surface area contributed by atoms with Crippen LogP contribution in [-0.4, -0.2) is 41.7 Å². The van der Waals surface area contributed by atoms with Gasteiger partial charge in [-0.3, -0.25) is 0 Å². The summed E-state index contributed by atoms with van der Waals surface area (Å²) in [5.41, 5.74) is 2.74. The Balaban J connectivity index is 0. The topological polar surface area (TPSA) is 81.8 Å². The molecule has 0 aliphatic carbocycles. The van der Waals surface area contributed by atoms with Gasteiger partial charge in [-0.15, -0.1) is 0 Å². The quantitative estimate of drug-likeness (QED) is 0.502. The van der Waals surface area contributed by atoms with Crippen LogP contribution in [0, 0.1) is 10.8 Å². The molecule has 98 valence electrons. The van der Waals surface area contributed by atoms with Gasteiger partial charge in [0.1, 0.15) is 0 Å². The minimum atomic E-state index is 0. The molecule has 0 unspecified atom stereocenters. The van der Waals surface area contributed by atoms with Crippen molar-refractivity contribution in [3.05, 3.63) is 71.8 Å². The molecule has 0 aliphatic heterocycles. The van der Waals surface area contributed by atoms with Crippen molar-refractivity contribution >= 4 is 41.7 Å². The smallest absolute Gasteiger partial charge is 0.00258 e. The Morgan fingerprint density at radius 3 is 1.20 bits per heavy atom. The second-order valence-electron chi connectivity index (χ2n) is 3.35. The predicted octanol–water partition coefficient (Wildman–Crippen LogP) is 2.43. The molecular formula is C15H15N2NaO2. The molecule has 2 aromatic rings. The molecular weight excluding hydrogens is 263 g/mol. The van der Waals surface area contributed by atoms with E-state index >= 15 is 0 Å². The van der Waals surface area contributed by atoms with E-state index in [1.165, 1.54) is 11.1 Å². The van der Waals surface area contributed by atoms with Crippen molar-refractivity contribution in [1.29, 1.82) is 10.8 Å². The maximum Gasteiger partial charge on any atom is -0.00258 e.